The van der Waals surface area contributed by atoms with Crippen LogP contribution in [0.3, 0.4) is 0 Å². The third-order valence-corrected chi connectivity index (χ3v) is 4.62. The van der Waals surface area contributed by atoms with Gasteiger partial charge in [-0.25, -0.2) is 0 Å². The molecule has 1 aromatic carbocycles. The highest BCUT2D eigenvalue weighted by Gasteiger charge is 2.21. The molecule has 0 unspecified atom stereocenters. The molecular formula is C17H21N5. The van der Waals surface area contributed by atoms with Gasteiger partial charge < -0.3 is 4.57 Å². The Hall–Kier alpha value is -2.14. The minimum atomic E-state index is 0.609. The molecule has 3 aromatic rings. The second-order valence-corrected chi connectivity index (χ2v) is 6.17. The zero-order chi connectivity index (χ0) is 14.9. The van der Waals surface area contributed by atoms with Gasteiger partial charge in [-0.3, -0.25) is 9.58 Å². The van der Waals surface area contributed by atoms with E-state index in [0.29, 0.717) is 6.04 Å². The molecular weight excluding hydrogens is 274 g/mol. The van der Waals surface area contributed by atoms with Gasteiger partial charge in [-0.1, -0.05) is 23.4 Å². The van der Waals surface area contributed by atoms with Crippen molar-refractivity contribution in [2.24, 2.45) is 7.05 Å². The van der Waals surface area contributed by atoms with Crippen molar-refractivity contribution in [2.75, 3.05) is 13.1 Å². The second-order valence-electron chi connectivity index (χ2n) is 6.17. The van der Waals surface area contributed by atoms with Crippen LogP contribution in [0.25, 0.3) is 10.9 Å². The van der Waals surface area contributed by atoms with Crippen LogP contribution in [0.4, 0.5) is 0 Å². The van der Waals surface area contributed by atoms with Gasteiger partial charge >= 0.3 is 0 Å². The molecule has 2 aromatic heterocycles. The summed E-state index contributed by atoms with van der Waals surface area (Å²) < 4.78 is 4.23. The van der Waals surface area contributed by atoms with Crippen LogP contribution in [-0.4, -0.2) is 37.6 Å². The molecule has 0 bridgehead atoms. The summed E-state index contributed by atoms with van der Waals surface area (Å²) in [5, 5.41) is 9.53. The van der Waals surface area contributed by atoms with Crippen molar-refractivity contribution in [1.29, 1.82) is 0 Å². The van der Waals surface area contributed by atoms with Crippen molar-refractivity contribution in [3.05, 3.63) is 48.4 Å². The van der Waals surface area contributed by atoms with Crippen LogP contribution in [0.15, 0.2) is 42.7 Å². The lowest BCUT2D eigenvalue weighted by Gasteiger charge is -2.32. The molecule has 0 radical (unpaired) electrons. The van der Waals surface area contributed by atoms with Gasteiger partial charge in [-0.2, -0.15) is 0 Å². The zero-order valence-corrected chi connectivity index (χ0v) is 12.9. The van der Waals surface area contributed by atoms with Crippen LogP contribution in [0.1, 0.15) is 24.6 Å². The van der Waals surface area contributed by atoms with Crippen molar-refractivity contribution in [1.82, 2.24) is 24.5 Å². The van der Waals surface area contributed by atoms with Crippen molar-refractivity contribution in [3.8, 4) is 0 Å². The maximum Gasteiger partial charge on any atom is 0.0967 e. The highest BCUT2D eigenvalue weighted by atomic mass is 15.4. The summed E-state index contributed by atoms with van der Waals surface area (Å²) in [4.78, 5) is 2.48. The van der Waals surface area contributed by atoms with E-state index in [1.54, 1.807) is 4.68 Å². The Kier molecular flexibility index (Phi) is 3.42. The molecule has 0 aliphatic carbocycles. The highest BCUT2D eigenvalue weighted by Crippen LogP contribution is 2.28. The number of hydrogen-bond acceptors (Lipinski definition) is 3. The molecule has 5 heteroatoms. The Bertz CT molecular complexity index is 764. The lowest BCUT2D eigenvalue weighted by molar-refractivity contribution is 0.180. The Morgan fingerprint density at radius 3 is 2.73 bits per heavy atom. The third kappa shape index (κ3) is 2.52. The van der Waals surface area contributed by atoms with Gasteiger partial charge in [0.05, 0.1) is 5.69 Å². The van der Waals surface area contributed by atoms with Crippen molar-refractivity contribution < 1.29 is 0 Å². The number of fused-ring (bicyclic) bond motifs is 1. The van der Waals surface area contributed by atoms with E-state index in [9.17, 15) is 0 Å². The smallest absolute Gasteiger partial charge is 0.0967 e. The van der Waals surface area contributed by atoms with Crippen molar-refractivity contribution in [2.45, 2.75) is 25.4 Å². The van der Waals surface area contributed by atoms with Crippen molar-refractivity contribution >= 4 is 10.9 Å². The van der Waals surface area contributed by atoms with E-state index in [1.165, 1.54) is 23.7 Å². The monoisotopic (exact) mass is 295 g/mol. The maximum atomic E-state index is 4.19. The molecule has 22 heavy (non-hydrogen) atoms. The molecule has 0 saturated carbocycles. The van der Waals surface area contributed by atoms with E-state index in [-0.39, 0.29) is 0 Å². The first-order chi connectivity index (χ1) is 10.8. The summed E-state index contributed by atoms with van der Waals surface area (Å²) in [6.45, 7) is 3.15. The zero-order valence-electron chi connectivity index (χ0n) is 12.9. The maximum absolute atomic E-state index is 4.19. The largest absolute Gasteiger partial charge is 0.344 e. The van der Waals surface area contributed by atoms with E-state index in [1.807, 2.05) is 13.2 Å². The molecule has 0 N–H and O–H groups in total. The predicted molar refractivity (Wildman–Crippen MR) is 86.5 cm³/mol. The number of likely N-dealkylation sites (tertiary alicyclic amines) is 1. The number of para-hydroxylation sites is 1. The summed E-state index contributed by atoms with van der Waals surface area (Å²) in [6, 6.07) is 11.5. The van der Waals surface area contributed by atoms with Crippen LogP contribution >= 0.6 is 0 Å². The summed E-state index contributed by atoms with van der Waals surface area (Å²) >= 11 is 0. The lowest BCUT2D eigenvalue weighted by Crippen LogP contribution is -2.34. The summed E-state index contributed by atoms with van der Waals surface area (Å²) in [5.74, 6) is 0. The molecule has 1 aliphatic heterocycles. The van der Waals surface area contributed by atoms with E-state index >= 15 is 0 Å². The van der Waals surface area contributed by atoms with E-state index in [0.717, 1.165) is 25.3 Å². The highest BCUT2D eigenvalue weighted by molar-refractivity contribution is 5.80. The number of benzene rings is 1. The average Bonchev–Trinajstić information content (AvgIpc) is 3.14. The number of nitrogens with zero attached hydrogens (tertiary/aromatic N) is 5. The van der Waals surface area contributed by atoms with Crippen LogP contribution in [0, 0.1) is 0 Å². The van der Waals surface area contributed by atoms with Crippen LogP contribution in [-0.2, 0) is 13.6 Å². The minimum absolute atomic E-state index is 0.609. The molecule has 3 heterocycles. The van der Waals surface area contributed by atoms with Gasteiger partial charge in [0.1, 0.15) is 0 Å². The van der Waals surface area contributed by atoms with Gasteiger partial charge in [0.2, 0.25) is 0 Å². The molecule has 0 amide bonds. The van der Waals surface area contributed by atoms with Gasteiger partial charge in [0, 0.05) is 50.6 Å². The summed E-state index contributed by atoms with van der Waals surface area (Å²) in [6.07, 6.45) is 6.64. The Labute approximate surface area is 130 Å². The first-order valence-electron chi connectivity index (χ1n) is 7.93. The molecule has 5 nitrogen and oxygen atoms in total. The normalized spacial score (nSPS) is 17.3. The molecule has 1 saturated heterocycles. The Morgan fingerprint density at radius 2 is 1.95 bits per heavy atom. The van der Waals surface area contributed by atoms with Crippen LogP contribution in [0.5, 0.6) is 0 Å². The fourth-order valence-electron chi connectivity index (χ4n) is 3.48. The number of aromatic nitrogens is 4. The van der Waals surface area contributed by atoms with E-state index in [2.05, 4.69) is 56.3 Å². The average molecular weight is 295 g/mol. The fourth-order valence-corrected chi connectivity index (χ4v) is 3.48. The van der Waals surface area contributed by atoms with Gasteiger partial charge in [-0.15, -0.1) is 5.10 Å². The predicted octanol–water partition coefficient (Wildman–Crippen LogP) is 2.61. The van der Waals surface area contributed by atoms with Crippen LogP contribution in [0.2, 0.25) is 0 Å². The van der Waals surface area contributed by atoms with E-state index < -0.39 is 0 Å². The standard InChI is InChI=1S/C17H21N5/c1-20-12-15(18-19-20)13-21-9-7-16(8-10-21)22-11-6-14-4-2-3-5-17(14)22/h2-6,11-12,16H,7-10,13H2,1H3. The number of piperidine rings is 1. The van der Waals surface area contributed by atoms with Gasteiger partial charge in [0.25, 0.3) is 0 Å². The molecule has 1 aliphatic rings. The van der Waals surface area contributed by atoms with Gasteiger partial charge in [0.15, 0.2) is 0 Å². The SMILES string of the molecule is Cn1cc(CN2CCC(n3ccc4ccccc43)CC2)nn1. The fraction of sp³-hybridized carbons (Fsp3) is 0.412. The van der Waals surface area contributed by atoms with Gasteiger partial charge in [-0.05, 0) is 30.4 Å². The summed E-state index contributed by atoms with van der Waals surface area (Å²) in [7, 11) is 1.92. The Balaban J connectivity index is 1.43. The van der Waals surface area contributed by atoms with Crippen molar-refractivity contribution in [3.63, 3.8) is 0 Å². The lowest BCUT2D eigenvalue weighted by atomic mass is 10.0. The topological polar surface area (TPSA) is 38.9 Å². The molecule has 0 atom stereocenters. The third-order valence-electron chi connectivity index (χ3n) is 4.62. The Morgan fingerprint density at radius 1 is 1.14 bits per heavy atom. The second kappa shape index (κ2) is 5.57. The number of rotatable bonds is 3. The molecule has 114 valence electrons. The first-order valence-corrected chi connectivity index (χ1v) is 7.93. The quantitative estimate of drug-likeness (QED) is 0.745. The molecule has 1 fully saturated rings. The number of hydrogen-bond donors (Lipinski definition) is 0. The molecule has 0 spiro atoms. The first kappa shape index (κ1) is 13.5. The molecule has 4 rings (SSSR count). The van der Waals surface area contributed by atoms with E-state index in [4.69, 9.17) is 0 Å². The van der Waals surface area contributed by atoms with Crippen LogP contribution < -0.4 is 0 Å². The number of aryl methyl sites for hydroxylation is 1. The summed E-state index contributed by atoms with van der Waals surface area (Å²) in [5.41, 5.74) is 2.42. The minimum Gasteiger partial charge on any atom is -0.344 e.